The largest absolute Gasteiger partial charge is 0.315 e. The van der Waals surface area contributed by atoms with Crippen molar-refractivity contribution in [3.63, 3.8) is 0 Å². The number of carbonyl (C=O) groups is 1. The third kappa shape index (κ3) is 5.32. The third-order valence-corrected chi connectivity index (χ3v) is 5.96. The molecule has 30 heavy (non-hydrogen) atoms. The summed E-state index contributed by atoms with van der Waals surface area (Å²) in [6.45, 7) is 0.466. The zero-order valence-corrected chi connectivity index (χ0v) is 17.4. The number of carbonyl (C=O) groups excluding carboxylic acids is 1. The van der Waals surface area contributed by atoms with E-state index in [-0.39, 0.29) is 11.7 Å². The minimum absolute atomic E-state index is 0.181. The molecule has 0 radical (unpaired) electrons. The number of hydrogen-bond acceptors (Lipinski definition) is 7. The Labute approximate surface area is 180 Å². The highest BCUT2D eigenvalue weighted by atomic mass is 32.1. The van der Waals surface area contributed by atoms with Crippen LogP contribution in [0.15, 0.2) is 65.9 Å². The standard InChI is InChI=1S/C21H18FN5OS2/c22-16-3-1-14(2-4-16)9-18(24-10-17-12-29-13-26-17)20(28)27-19-11-25-21(30-19)15-5-7-23-8-6-15/h1-8,11-13,18,24H,9-10H2,(H,27,28). The Kier molecular flexibility index (Phi) is 6.53. The summed E-state index contributed by atoms with van der Waals surface area (Å²) in [5, 5.41) is 9.60. The number of hydrogen-bond donors (Lipinski definition) is 2. The summed E-state index contributed by atoms with van der Waals surface area (Å²) < 4.78 is 13.2. The van der Waals surface area contributed by atoms with E-state index in [2.05, 4.69) is 25.6 Å². The highest BCUT2D eigenvalue weighted by Crippen LogP contribution is 2.28. The summed E-state index contributed by atoms with van der Waals surface area (Å²) in [6.07, 6.45) is 5.48. The Morgan fingerprint density at radius 1 is 1.10 bits per heavy atom. The minimum Gasteiger partial charge on any atom is -0.315 e. The van der Waals surface area contributed by atoms with E-state index in [1.54, 1.807) is 36.2 Å². The van der Waals surface area contributed by atoms with Crippen LogP contribution in [0.25, 0.3) is 10.6 Å². The predicted octanol–water partition coefficient (Wildman–Crippen LogP) is 4.14. The average Bonchev–Trinajstić information content (AvgIpc) is 3.45. The summed E-state index contributed by atoms with van der Waals surface area (Å²) in [5.41, 5.74) is 4.43. The van der Waals surface area contributed by atoms with Crippen molar-refractivity contribution in [2.24, 2.45) is 0 Å². The van der Waals surface area contributed by atoms with Gasteiger partial charge in [0.25, 0.3) is 0 Å². The zero-order chi connectivity index (χ0) is 20.8. The van der Waals surface area contributed by atoms with Crippen molar-refractivity contribution in [3.8, 4) is 10.6 Å². The number of halogens is 1. The normalized spacial score (nSPS) is 11.9. The SMILES string of the molecule is O=C(Nc1cnc(-c2ccncc2)s1)C(Cc1ccc(F)cc1)NCc1cscn1. The molecule has 1 unspecified atom stereocenters. The van der Waals surface area contributed by atoms with Gasteiger partial charge < -0.3 is 5.32 Å². The molecule has 0 aliphatic heterocycles. The number of thiazole rings is 2. The van der Waals surface area contributed by atoms with Gasteiger partial charge in [-0.05, 0) is 36.2 Å². The van der Waals surface area contributed by atoms with Gasteiger partial charge in [0, 0.05) is 29.9 Å². The maximum absolute atomic E-state index is 13.2. The van der Waals surface area contributed by atoms with Crippen LogP contribution in [0.5, 0.6) is 0 Å². The van der Waals surface area contributed by atoms with Gasteiger partial charge in [-0.15, -0.1) is 11.3 Å². The highest BCUT2D eigenvalue weighted by Gasteiger charge is 2.20. The monoisotopic (exact) mass is 439 g/mol. The van der Waals surface area contributed by atoms with Gasteiger partial charge in [0.05, 0.1) is 23.4 Å². The first-order valence-electron chi connectivity index (χ1n) is 9.19. The molecule has 4 aromatic rings. The lowest BCUT2D eigenvalue weighted by molar-refractivity contribution is -0.118. The van der Waals surface area contributed by atoms with Crippen molar-refractivity contribution in [2.45, 2.75) is 19.0 Å². The number of benzene rings is 1. The van der Waals surface area contributed by atoms with Crippen LogP contribution in [0.4, 0.5) is 9.39 Å². The Morgan fingerprint density at radius 3 is 2.63 bits per heavy atom. The molecule has 0 fully saturated rings. The van der Waals surface area contributed by atoms with Crippen LogP contribution in [-0.4, -0.2) is 26.9 Å². The number of rotatable bonds is 8. The van der Waals surface area contributed by atoms with Crippen LogP contribution in [0.1, 0.15) is 11.3 Å². The van der Waals surface area contributed by atoms with Crippen molar-refractivity contribution in [1.82, 2.24) is 20.3 Å². The summed E-state index contributed by atoms with van der Waals surface area (Å²) in [6, 6.07) is 9.41. The van der Waals surface area contributed by atoms with E-state index in [1.807, 2.05) is 17.5 Å². The fraction of sp³-hybridized carbons (Fsp3) is 0.143. The molecule has 0 spiro atoms. The number of nitrogens with one attached hydrogen (secondary N) is 2. The fourth-order valence-corrected chi connectivity index (χ4v) is 4.22. The van der Waals surface area contributed by atoms with E-state index in [0.29, 0.717) is 18.0 Å². The Morgan fingerprint density at radius 2 is 1.90 bits per heavy atom. The molecule has 4 rings (SSSR count). The second-order valence-electron chi connectivity index (χ2n) is 6.50. The second kappa shape index (κ2) is 9.66. The van der Waals surface area contributed by atoms with E-state index >= 15 is 0 Å². The molecule has 6 nitrogen and oxygen atoms in total. The van der Waals surface area contributed by atoms with Crippen molar-refractivity contribution in [3.05, 3.63) is 83.0 Å². The van der Waals surface area contributed by atoms with Crippen molar-refractivity contribution in [2.75, 3.05) is 5.32 Å². The first kappa shape index (κ1) is 20.3. The molecule has 0 aliphatic carbocycles. The van der Waals surface area contributed by atoms with E-state index in [4.69, 9.17) is 0 Å². The molecular formula is C21H18FN5OS2. The van der Waals surface area contributed by atoms with Crippen LogP contribution in [0, 0.1) is 5.82 Å². The van der Waals surface area contributed by atoms with Gasteiger partial charge in [0.15, 0.2) is 0 Å². The molecule has 3 heterocycles. The molecule has 1 atom stereocenters. The Balaban J connectivity index is 1.46. The van der Waals surface area contributed by atoms with Crippen molar-refractivity contribution >= 4 is 33.6 Å². The van der Waals surface area contributed by atoms with Crippen LogP contribution < -0.4 is 10.6 Å². The molecule has 0 saturated carbocycles. The van der Waals surface area contributed by atoms with Crippen molar-refractivity contribution < 1.29 is 9.18 Å². The summed E-state index contributed by atoms with van der Waals surface area (Å²) in [7, 11) is 0. The maximum Gasteiger partial charge on any atom is 0.242 e. The smallest absolute Gasteiger partial charge is 0.242 e. The lowest BCUT2D eigenvalue weighted by atomic mass is 10.1. The van der Waals surface area contributed by atoms with Crippen molar-refractivity contribution in [1.29, 1.82) is 0 Å². The molecular weight excluding hydrogens is 421 g/mol. The molecule has 0 bridgehead atoms. The van der Waals surface area contributed by atoms with Crippen LogP contribution >= 0.6 is 22.7 Å². The highest BCUT2D eigenvalue weighted by molar-refractivity contribution is 7.19. The minimum atomic E-state index is -0.511. The number of nitrogens with zero attached hydrogens (tertiary/aromatic N) is 3. The number of aromatic nitrogens is 3. The molecule has 1 aromatic carbocycles. The van der Waals surface area contributed by atoms with Gasteiger partial charge in [-0.2, -0.15) is 0 Å². The second-order valence-corrected chi connectivity index (χ2v) is 8.25. The van der Waals surface area contributed by atoms with Crippen LogP contribution in [-0.2, 0) is 17.8 Å². The number of amides is 1. The molecule has 0 saturated heterocycles. The van der Waals surface area contributed by atoms with Crippen LogP contribution in [0.2, 0.25) is 0 Å². The Hall–Kier alpha value is -3.01. The van der Waals surface area contributed by atoms with Gasteiger partial charge in [-0.3, -0.25) is 15.1 Å². The number of anilines is 1. The van der Waals surface area contributed by atoms with Gasteiger partial charge >= 0.3 is 0 Å². The average molecular weight is 440 g/mol. The lowest BCUT2D eigenvalue weighted by Gasteiger charge is -2.17. The maximum atomic E-state index is 13.2. The molecule has 9 heteroatoms. The van der Waals surface area contributed by atoms with E-state index in [9.17, 15) is 9.18 Å². The summed E-state index contributed by atoms with van der Waals surface area (Å²) >= 11 is 2.90. The molecule has 3 aromatic heterocycles. The molecule has 152 valence electrons. The summed E-state index contributed by atoms with van der Waals surface area (Å²) in [4.78, 5) is 25.6. The molecule has 2 N–H and O–H groups in total. The third-order valence-electron chi connectivity index (χ3n) is 4.36. The van der Waals surface area contributed by atoms with Gasteiger partial charge in [-0.25, -0.2) is 14.4 Å². The first-order chi connectivity index (χ1) is 14.7. The zero-order valence-electron chi connectivity index (χ0n) is 15.8. The first-order valence-corrected chi connectivity index (χ1v) is 11.0. The molecule has 0 aliphatic rings. The van der Waals surface area contributed by atoms with Gasteiger partial charge in [0.2, 0.25) is 5.91 Å². The molecule has 1 amide bonds. The predicted molar refractivity (Wildman–Crippen MR) is 117 cm³/mol. The van der Waals surface area contributed by atoms with E-state index in [0.717, 1.165) is 21.8 Å². The van der Waals surface area contributed by atoms with E-state index < -0.39 is 6.04 Å². The Bertz CT molecular complexity index is 1080. The quantitative estimate of drug-likeness (QED) is 0.431. The summed E-state index contributed by atoms with van der Waals surface area (Å²) in [5.74, 6) is -0.483. The van der Waals surface area contributed by atoms with Gasteiger partial charge in [0.1, 0.15) is 15.8 Å². The lowest BCUT2D eigenvalue weighted by Crippen LogP contribution is -2.41. The fourth-order valence-electron chi connectivity index (χ4n) is 2.83. The number of pyridine rings is 1. The topological polar surface area (TPSA) is 79.8 Å². The van der Waals surface area contributed by atoms with Gasteiger partial charge in [-0.1, -0.05) is 23.5 Å². The van der Waals surface area contributed by atoms with E-state index in [1.165, 1.54) is 34.8 Å². The van der Waals surface area contributed by atoms with Crippen LogP contribution in [0.3, 0.4) is 0 Å².